The van der Waals surface area contributed by atoms with Crippen LogP contribution >= 0.6 is 0 Å². The van der Waals surface area contributed by atoms with Gasteiger partial charge in [-0.2, -0.15) is 0 Å². The molecule has 0 bridgehead atoms. The quantitative estimate of drug-likeness (QED) is 0.792. The van der Waals surface area contributed by atoms with Gasteiger partial charge < -0.3 is 10.7 Å². The molecule has 1 aromatic heterocycles. The molecule has 1 amide bonds. The van der Waals surface area contributed by atoms with Crippen molar-refractivity contribution in [2.45, 2.75) is 38.0 Å². The average Bonchev–Trinajstić information content (AvgIpc) is 2.29. The van der Waals surface area contributed by atoms with Crippen molar-refractivity contribution in [2.24, 2.45) is 5.73 Å². The predicted octanol–water partition coefficient (Wildman–Crippen LogP) is 1.52. The topological polar surface area (TPSA) is 76.0 Å². The van der Waals surface area contributed by atoms with Crippen molar-refractivity contribution >= 4 is 5.91 Å². The monoisotopic (exact) mass is 220 g/mol. The molecule has 4 heteroatoms. The third-order valence-electron chi connectivity index (χ3n) is 3.24. The lowest BCUT2D eigenvalue weighted by atomic mass is 9.86. The van der Waals surface area contributed by atoms with Crippen LogP contribution in [0.15, 0.2) is 16.9 Å². The van der Waals surface area contributed by atoms with Gasteiger partial charge in [0.1, 0.15) is 5.56 Å². The van der Waals surface area contributed by atoms with E-state index in [1.54, 1.807) is 0 Å². The average molecular weight is 220 g/mol. The second-order valence-corrected chi connectivity index (χ2v) is 4.36. The Balaban J connectivity index is 2.26. The maximum atomic E-state index is 11.6. The van der Waals surface area contributed by atoms with Crippen molar-refractivity contribution in [3.63, 3.8) is 0 Å². The van der Waals surface area contributed by atoms with Crippen molar-refractivity contribution in [2.75, 3.05) is 0 Å². The Morgan fingerprint density at radius 3 is 2.50 bits per heavy atom. The molecule has 0 saturated heterocycles. The van der Waals surface area contributed by atoms with Crippen molar-refractivity contribution in [3.05, 3.63) is 33.7 Å². The normalized spacial score (nSPS) is 17.2. The number of hydrogen-bond acceptors (Lipinski definition) is 2. The van der Waals surface area contributed by atoms with Crippen LogP contribution in [0.5, 0.6) is 0 Å². The van der Waals surface area contributed by atoms with Crippen molar-refractivity contribution in [1.82, 2.24) is 4.98 Å². The zero-order chi connectivity index (χ0) is 11.5. The Hall–Kier alpha value is -1.58. The molecular formula is C12H16N2O2. The van der Waals surface area contributed by atoms with Gasteiger partial charge in [-0.1, -0.05) is 19.3 Å². The Kier molecular flexibility index (Phi) is 3.08. The lowest BCUT2D eigenvalue weighted by Gasteiger charge is -2.21. The van der Waals surface area contributed by atoms with Gasteiger partial charge in [-0.25, -0.2) is 0 Å². The molecule has 3 N–H and O–H groups in total. The molecule has 0 radical (unpaired) electrons. The minimum absolute atomic E-state index is 0.0413. The number of pyridine rings is 1. The summed E-state index contributed by atoms with van der Waals surface area (Å²) in [6.45, 7) is 0. The lowest BCUT2D eigenvalue weighted by Crippen LogP contribution is -2.24. The minimum atomic E-state index is -0.670. The fourth-order valence-electron chi connectivity index (χ4n) is 2.33. The number of primary amides is 1. The third-order valence-corrected chi connectivity index (χ3v) is 3.24. The van der Waals surface area contributed by atoms with Crippen LogP contribution in [0.1, 0.15) is 54.1 Å². The summed E-state index contributed by atoms with van der Waals surface area (Å²) in [5.41, 5.74) is 5.70. The van der Waals surface area contributed by atoms with Gasteiger partial charge in [0, 0.05) is 5.69 Å². The second-order valence-electron chi connectivity index (χ2n) is 4.36. The molecule has 86 valence electrons. The highest BCUT2D eigenvalue weighted by atomic mass is 16.2. The Bertz CT molecular complexity index is 445. The summed E-state index contributed by atoms with van der Waals surface area (Å²) in [4.78, 5) is 25.2. The number of carbonyl (C=O) groups is 1. The van der Waals surface area contributed by atoms with Gasteiger partial charge in [0.15, 0.2) is 0 Å². The van der Waals surface area contributed by atoms with E-state index < -0.39 is 5.91 Å². The van der Waals surface area contributed by atoms with Gasteiger partial charge in [-0.3, -0.25) is 9.59 Å². The number of aromatic amines is 1. The molecule has 1 aliphatic carbocycles. The van der Waals surface area contributed by atoms with Gasteiger partial charge in [-0.05, 0) is 30.9 Å². The first-order valence-electron chi connectivity index (χ1n) is 5.71. The molecule has 0 spiro atoms. The molecule has 0 aromatic carbocycles. The van der Waals surface area contributed by atoms with Crippen LogP contribution < -0.4 is 11.3 Å². The number of H-pyrrole nitrogens is 1. The fraction of sp³-hybridized carbons (Fsp3) is 0.500. The Morgan fingerprint density at radius 1 is 1.25 bits per heavy atom. The summed E-state index contributed by atoms with van der Waals surface area (Å²) >= 11 is 0. The number of aromatic nitrogens is 1. The summed E-state index contributed by atoms with van der Waals surface area (Å²) < 4.78 is 0. The third kappa shape index (κ3) is 2.15. The van der Waals surface area contributed by atoms with Crippen LogP contribution in [-0.4, -0.2) is 10.9 Å². The van der Waals surface area contributed by atoms with E-state index in [1.807, 2.05) is 6.07 Å². The van der Waals surface area contributed by atoms with Gasteiger partial charge >= 0.3 is 0 Å². The maximum absolute atomic E-state index is 11.6. The number of nitrogens with two attached hydrogens (primary N) is 1. The number of amides is 1. The Morgan fingerprint density at radius 2 is 1.94 bits per heavy atom. The van der Waals surface area contributed by atoms with Crippen LogP contribution in [0.3, 0.4) is 0 Å². The zero-order valence-corrected chi connectivity index (χ0v) is 9.16. The summed E-state index contributed by atoms with van der Waals surface area (Å²) in [7, 11) is 0. The van der Waals surface area contributed by atoms with Crippen LogP contribution in [-0.2, 0) is 0 Å². The van der Waals surface area contributed by atoms with Crippen LogP contribution in [0.2, 0.25) is 0 Å². The van der Waals surface area contributed by atoms with Crippen molar-refractivity contribution < 1.29 is 4.79 Å². The maximum Gasteiger partial charge on any atom is 0.260 e. The van der Waals surface area contributed by atoms with Gasteiger partial charge in [0.2, 0.25) is 0 Å². The molecule has 16 heavy (non-hydrogen) atoms. The first-order valence-corrected chi connectivity index (χ1v) is 5.71. The second kappa shape index (κ2) is 4.51. The first-order chi connectivity index (χ1) is 7.68. The largest absolute Gasteiger partial charge is 0.365 e. The first kappa shape index (κ1) is 10.9. The molecule has 1 fully saturated rings. The molecule has 1 heterocycles. The molecule has 1 aromatic rings. The van der Waals surface area contributed by atoms with E-state index in [2.05, 4.69) is 4.98 Å². The Labute approximate surface area is 93.9 Å². The van der Waals surface area contributed by atoms with E-state index >= 15 is 0 Å². The minimum Gasteiger partial charge on any atom is -0.365 e. The van der Waals surface area contributed by atoms with Crippen LogP contribution in [0.4, 0.5) is 0 Å². The lowest BCUT2D eigenvalue weighted by molar-refractivity contribution is 0.0999. The van der Waals surface area contributed by atoms with E-state index in [4.69, 9.17) is 5.73 Å². The fourth-order valence-corrected chi connectivity index (χ4v) is 2.33. The highest BCUT2D eigenvalue weighted by Crippen LogP contribution is 2.30. The molecule has 0 atom stereocenters. The van der Waals surface area contributed by atoms with E-state index in [1.165, 1.54) is 25.3 Å². The number of carbonyl (C=O) groups excluding carboxylic acids is 1. The van der Waals surface area contributed by atoms with E-state index in [0.29, 0.717) is 5.92 Å². The summed E-state index contributed by atoms with van der Waals surface area (Å²) in [6.07, 6.45) is 5.94. The molecule has 1 saturated carbocycles. The van der Waals surface area contributed by atoms with E-state index in [0.717, 1.165) is 18.5 Å². The van der Waals surface area contributed by atoms with Gasteiger partial charge in [0.05, 0.1) is 0 Å². The molecule has 0 unspecified atom stereocenters. The molecule has 0 aliphatic heterocycles. The number of hydrogen-bond donors (Lipinski definition) is 2. The van der Waals surface area contributed by atoms with Crippen molar-refractivity contribution in [3.8, 4) is 0 Å². The number of rotatable bonds is 2. The van der Waals surface area contributed by atoms with Crippen LogP contribution in [0.25, 0.3) is 0 Å². The summed E-state index contributed by atoms with van der Waals surface area (Å²) in [6, 6.07) is 3.35. The molecule has 2 rings (SSSR count). The predicted molar refractivity (Wildman–Crippen MR) is 61.4 cm³/mol. The smallest absolute Gasteiger partial charge is 0.260 e. The van der Waals surface area contributed by atoms with Gasteiger partial charge in [-0.15, -0.1) is 0 Å². The summed E-state index contributed by atoms with van der Waals surface area (Å²) in [5, 5.41) is 0. The van der Waals surface area contributed by atoms with Crippen LogP contribution in [0, 0.1) is 0 Å². The van der Waals surface area contributed by atoms with E-state index in [9.17, 15) is 9.59 Å². The molecule has 4 nitrogen and oxygen atoms in total. The van der Waals surface area contributed by atoms with E-state index in [-0.39, 0.29) is 11.1 Å². The summed E-state index contributed by atoms with van der Waals surface area (Å²) in [5.74, 6) is -0.236. The van der Waals surface area contributed by atoms with Gasteiger partial charge in [0.25, 0.3) is 11.5 Å². The van der Waals surface area contributed by atoms with Crippen molar-refractivity contribution in [1.29, 1.82) is 0 Å². The molecule has 1 aliphatic rings. The molecular weight excluding hydrogens is 204 g/mol. The highest BCUT2D eigenvalue weighted by Gasteiger charge is 2.17. The highest BCUT2D eigenvalue weighted by molar-refractivity contribution is 5.92. The standard InChI is InChI=1S/C12H16N2O2/c13-11(15)9-6-7-10(14-12(9)16)8-4-2-1-3-5-8/h6-8H,1-5H2,(H2,13,15)(H,14,16). The zero-order valence-electron chi connectivity index (χ0n) is 9.16. The number of nitrogens with one attached hydrogen (secondary N) is 1. The SMILES string of the molecule is NC(=O)c1ccc(C2CCCCC2)[nH]c1=O.